The van der Waals surface area contributed by atoms with Crippen molar-refractivity contribution < 1.29 is 19.0 Å². The van der Waals surface area contributed by atoms with Crippen molar-refractivity contribution in [2.24, 2.45) is 0 Å². The first kappa shape index (κ1) is 18.5. The van der Waals surface area contributed by atoms with Crippen LogP contribution in [0, 0.1) is 0 Å². The Morgan fingerprint density at radius 3 is 2.83 bits per heavy atom. The number of fused-ring (bicyclic) bond motifs is 2. The summed E-state index contributed by atoms with van der Waals surface area (Å²) in [6.07, 6.45) is 0. The average molecular weight is 413 g/mol. The molecule has 5 rings (SSSR count). The maximum Gasteiger partial charge on any atom is 0.260 e. The molecule has 1 fully saturated rings. The molecule has 2 aromatic carbocycles. The second-order valence-electron chi connectivity index (χ2n) is 7.26. The lowest BCUT2D eigenvalue weighted by molar-refractivity contribution is -0.110. The van der Waals surface area contributed by atoms with Crippen molar-refractivity contribution in [2.75, 3.05) is 44.8 Å². The second-order valence-corrected chi connectivity index (χ2v) is 7.69. The summed E-state index contributed by atoms with van der Waals surface area (Å²) in [5.74, 6) is 1.24. The fourth-order valence-electron chi connectivity index (χ4n) is 3.92. The van der Waals surface area contributed by atoms with Crippen LogP contribution in [0.25, 0.3) is 11.3 Å². The van der Waals surface area contributed by atoms with Gasteiger partial charge in [-0.1, -0.05) is 11.6 Å². The van der Waals surface area contributed by atoms with E-state index in [0.717, 1.165) is 61.0 Å². The molecule has 3 aliphatic heterocycles. The predicted molar refractivity (Wildman–Crippen MR) is 111 cm³/mol. The minimum Gasteiger partial charge on any atom is -0.492 e. The van der Waals surface area contributed by atoms with E-state index in [4.69, 9.17) is 25.8 Å². The molecule has 0 spiro atoms. The molecule has 0 bridgehead atoms. The number of nitrogens with zero attached hydrogens (tertiary/aromatic N) is 1. The van der Waals surface area contributed by atoms with Crippen LogP contribution in [-0.4, -0.2) is 50.3 Å². The summed E-state index contributed by atoms with van der Waals surface area (Å²) in [7, 11) is 0. The van der Waals surface area contributed by atoms with Gasteiger partial charge in [-0.2, -0.15) is 0 Å². The Kier molecular flexibility index (Phi) is 4.91. The van der Waals surface area contributed by atoms with Crippen molar-refractivity contribution in [3.8, 4) is 5.75 Å². The van der Waals surface area contributed by atoms with Crippen LogP contribution in [0.1, 0.15) is 16.7 Å². The second kappa shape index (κ2) is 7.71. The van der Waals surface area contributed by atoms with E-state index in [1.807, 2.05) is 24.3 Å². The van der Waals surface area contributed by atoms with Gasteiger partial charge in [-0.25, -0.2) is 0 Å². The predicted octanol–water partition coefficient (Wildman–Crippen LogP) is 3.40. The standard InChI is InChI=1S/C22H21ClN2O4/c23-15-1-4-19-18(12-15)20(22(26)24-19)21-17-3-2-16(11-14(17)13-29-21)28-10-7-25-5-8-27-9-6-25/h1-4,11-12H,5-10,13H2,(H,24,26). The molecule has 0 unspecified atom stereocenters. The first-order valence-corrected chi connectivity index (χ1v) is 10.1. The molecule has 0 radical (unpaired) electrons. The van der Waals surface area contributed by atoms with Crippen LogP contribution in [0.3, 0.4) is 0 Å². The van der Waals surface area contributed by atoms with Gasteiger partial charge >= 0.3 is 0 Å². The van der Waals surface area contributed by atoms with E-state index in [1.165, 1.54) is 0 Å². The number of carbonyl (C=O) groups excluding carboxylic acids is 1. The number of ether oxygens (including phenoxy) is 3. The summed E-state index contributed by atoms with van der Waals surface area (Å²) in [4.78, 5) is 14.9. The molecule has 7 heteroatoms. The Balaban J connectivity index is 1.35. The lowest BCUT2D eigenvalue weighted by atomic mass is 10.0. The van der Waals surface area contributed by atoms with Crippen molar-refractivity contribution in [3.05, 3.63) is 58.1 Å². The maximum atomic E-state index is 12.6. The van der Waals surface area contributed by atoms with Gasteiger partial charge in [-0.05, 0) is 36.4 Å². The molecule has 2 aromatic rings. The largest absolute Gasteiger partial charge is 0.492 e. The van der Waals surface area contributed by atoms with Gasteiger partial charge in [0.2, 0.25) is 0 Å². The van der Waals surface area contributed by atoms with E-state index >= 15 is 0 Å². The van der Waals surface area contributed by atoms with Crippen LogP contribution in [0.2, 0.25) is 5.02 Å². The molecule has 3 heterocycles. The smallest absolute Gasteiger partial charge is 0.260 e. The molecule has 1 amide bonds. The summed E-state index contributed by atoms with van der Waals surface area (Å²) in [5, 5.41) is 3.46. The van der Waals surface area contributed by atoms with Gasteiger partial charge in [0.1, 0.15) is 24.7 Å². The number of benzene rings is 2. The summed E-state index contributed by atoms with van der Waals surface area (Å²) in [6.45, 7) is 5.40. The fraction of sp³-hybridized carbons (Fsp3) is 0.318. The van der Waals surface area contributed by atoms with Crippen LogP contribution < -0.4 is 10.1 Å². The van der Waals surface area contributed by atoms with Crippen molar-refractivity contribution in [2.45, 2.75) is 6.61 Å². The number of morpholine rings is 1. The Morgan fingerprint density at radius 1 is 1.10 bits per heavy atom. The summed E-state index contributed by atoms with van der Waals surface area (Å²) in [5.41, 5.74) is 3.99. The zero-order valence-electron chi connectivity index (χ0n) is 15.9. The van der Waals surface area contributed by atoms with Gasteiger partial charge in [0.15, 0.2) is 0 Å². The molecule has 3 aliphatic rings. The van der Waals surface area contributed by atoms with Gasteiger partial charge in [0, 0.05) is 47.0 Å². The molecule has 0 saturated carbocycles. The first-order valence-electron chi connectivity index (χ1n) is 9.73. The van der Waals surface area contributed by atoms with Crippen molar-refractivity contribution in [3.63, 3.8) is 0 Å². The van der Waals surface area contributed by atoms with Crippen LogP contribution >= 0.6 is 11.6 Å². The van der Waals surface area contributed by atoms with E-state index in [9.17, 15) is 4.79 Å². The van der Waals surface area contributed by atoms with Crippen LogP contribution in [0.15, 0.2) is 36.4 Å². The average Bonchev–Trinajstić information content (AvgIpc) is 3.28. The van der Waals surface area contributed by atoms with E-state index in [2.05, 4.69) is 10.2 Å². The van der Waals surface area contributed by atoms with Gasteiger partial charge in [0.25, 0.3) is 5.91 Å². The van der Waals surface area contributed by atoms with Gasteiger partial charge in [-0.3, -0.25) is 9.69 Å². The van der Waals surface area contributed by atoms with Gasteiger partial charge < -0.3 is 19.5 Å². The number of carbonyl (C=O) groups is 1. The van der Waals surface area contributed by atoms with E-state index in [0.29, 0.717) is 29.6 Å². The molecule has 1 saturated heterocycles. The molecular formula is C22H21ClN2O4. The summed E-state index contributed by atoms with van der Waals surface area (Å²) in [6, 6.07) is 11.3. The highest BCUT2D eigenvalue weighted by molar-refractivity contribution is 6.37. The van der Waals surface area contributed by atoms with Crippen LogP contribution in [0.4, 0.5) is 5.69 Å². The lowest BCUT2D eigenvalue weighted by Crippen LogP contribution is -2.38. The third-order valence-electron chi connectivity index (χ3n) is 5.43. The lowest BCUT2D eigenvalue weighted by Gasteiger charge is -2.26. The molecule has 0 aromatic heterocycles. The van der Waals surface area contributed by atoms with Crippen LogP contribution in [0.5, 0.6) is 5.75 Å². The molecule has 150 valence electrons. The minimum atomic E-state index is -0.170. The number of nitrogens with one attached hydrogen (secondary N) is 1. The zero-order chi connectivity index (χ0) is 19.8. The number of halogens is 1. The fourth-order valence-corrected chi connectivity index (χ4v) is 4.09. The molecular weight excluding hydrogens is 392 g/mol. The Hall–Kier alpha value is -2.54. The maximum absolute atomic E-state index is 12.6. The molecule has 0 aliphatic carbocycles. The van der Waals surface area contributed by atoms with Crippen molar-refractivity contribution in [1.29, 1.82) is 0 Å². The number of amides is 1. The first-order chi connectivity index (χ1) is 14.2. The Bertz CT molecular complexity index is 998. The summed E-state index contributed by atoms with van der Waals surface area (Å²) < 4.78 is 17.2. The van der Waals surface area contributed by atoms with E-state index < -0.39 is 0 Å². The zero-order valence-corrected chi connectivity index (χ0v) is 16.6. The van der Waals surface area contributed by atoms with Gasteiger partial charge in [-0.15, -0.1) is 0 Å². The van der Waals surface area contributed by atoms with E-state index in [1.54, 1.807) is 12.1 Å². The highest BCUT2D eigenvalue weighted by Crippen LogP contribution is 2.43. The highest BCUT2D eigenvalue weighted by atomic mass is 35.5. The normalized spacial score (nSPS) is 20.8. The number of hydrogen-bond donors (Lipinski definition) is 1. The van der Waals surface area contributed by atoms with E-state index in [-0.39, 0.29) is 5.91 Å². The third kappa shape index (κ3) is 3.59. The SMILES string of the molecule is O=C1Nc2ccc(Cl)cc2C1=C1OCc2cc(OCCN3CCOCC3)ccc21. The molecule has 0 atom stereocenters. The quantitative estimate of drug-likeness (QED) is 0.780. The van der Waals surface area contributed by atoms with Crippen molar-refractivity contribution >= 4 is 34.5 Å². The number of rotatable bonds is 4. The van der Waals surface area contributed by atoms with Gasteiger partial charge in [0.05, 0.1) is 18.8 Å². The third-order valence-corrected chi connectivity index (χ3v) is 5.66. The topological polar surface area (TPSA) is 60.0 Å². The monoisotopic (exact) mass is 412 g/mol. The Morgan fingerprint density at radius 2 is 1.97 bits per heavy atom. The molecule has 29 heavy (non-hydrogen) atoms. The number of anilines is 1. The summed E-state index contributed by atoms with van der Waals surface area (Å²) >= 11 is 6.14. The van der Waals surface area contributed by atoms with Crippen LogP contribution in [-0.2, 0) is 20.9 Å². The Labute approximate surface area is 174 Å². The highest BCUT2D eigenvalue weighted by Gasteiger charge is 2.32. The molecule has 1 N–H and O–H groups in total. The molecule has 6 nitrogen and oxygen atoms in total. The minimum absolute atomic E-state index is 0.170. The van der Waals surface area contributed by atoms with Crippen molar-refractivity contribution in [1.82, 2.24) is 4.90 Å². The number of hydrogen-bond acceptors (Lipinski definition) is 5.